The number of sulfonamides is 1. The topological polar surface area (TPSA) is 40.6 Å². The van der Waals surface area contributed by atoms with E-state index in [2.05, 4.69) is 4.90 Å². The van der Waals surface area contributed by atoms with Gasteiger partial charge in [-0.05, 0) is 50.2 Å². The molecule has 2 saturated heterocycles. The minimum atomic E-state index is -3.79. The Hall–Kier alpha value is -0.630. The van der Waals surface area contributed by atoms with E-state index in [1.165, 1.54) is 31.0 Å². The van der Waals surface area contributed by atoms with Gasteiger partial charge in [0.15, 0.2) is 0 Å². The van der Waals surface area contributed by atoms with E-state index in [1.54, 1.807) is 22.1 Å². The molecule has 2 heterocycles. The van der Waals surface area contributed by atoms with E-state index in [-0.39, 0.29) is 10.9 Å². The summed E-state index contributed by atoms with van der Waals surface area (Å²) in [5.41, 5.74) is 0. The Balaban J connectivity index is 1.87. The van der Waals surface area contributed by atoms with Gasteiger partial charge in [0.05, 0.1) is 0 Å². The van der Waals surface area contributed by atoms with Crippen LogP contribution in [0.4, 0.5) is 4.39 Å². The molecule has 0 bridgehead atoms. The van der Waals surface area contributed by atoms with E-state index in [4.69, 9.17) is 0 Å². The van der Waals surface area contributed by atoms with E-state index < -0.39 is 15.8 Å². The SMILES string of the molecule is O=S(=O)(c1ccccc1F)N1CCCSCC1CN1CCCC1. The maximum Gasteiger partial charge on any atom is 0.246 e. The number of likely N-dealkylation sites (tertiary alicyclic amines) is 1. The quantitative estimate of drug-likeness (QED) is 0.829. The molecule has 4 nitrogen and oxygen atoms in total. The van der Waals surface area contributed by atoms with E-state index in [1.807, 2.05) is 0 Å². The van der Waals surface area contributed by atoms with Gasteiger partial charge in [-0.25, -0.2) is 12.8 Å². The number of benzene rings is 1. The molecule has 1 aromatic rings. The summed E-state index contributed by atoms with van der Waals surface area (Å²) in [6.45, 7) is 3.30. The van der Waals surface area contributed by atoms with Crippen LogP contribution in [-0.2, 0) is 10.0 Å². The number of nitrogens with zero attached hydrogens (tertiary/aromatic N) is 2. The van der Waals surface area contributed by atoms with Crippen molar-refractivity contribution < 1.29 is 12.8 Å². The van der Waals surface area contributed by atoms with Gasteiger partial charge in [0.25, 0.3) is 0 Å². The highest BCUT2D eigenvalue weighted by molar-refractivity contribution is 7.99. The van der Waals surface area contributed by atoms with Crippen molar-refractivity contribution in [1.29, 1.82) is 0 Å². The number of thioether (sulfide) groups is 1. The van der Waals surface area contributed by atoms with Crippen LogP contribution in [0, 0.1) is 5.82 Å². The number of hydrogen-bond acceptors (Lipinski definition) is 4. The van der Waals surface area contributed by atoms with Crippen LogP contribution in [0.3, 0.4) is 0 Å². The first-order valence-corrected chi connectivity index (χ1v) is 10.7. The van der Waals surface area contributed by atoms with Gasteiger partial charge in [-0.2, -0.15) is 16.1 Å². The van der Waals surface area contributed by atoms with Gasteiger partial charge >= 0.3 is 0 Å². The smallest absolute Gasteiger partial charge is 0.246 e. The lowest BCUT2D eigenvalue weighted by Gasteiger charge is -2.31. The van der Waals surface area contributed by atoms with Crippen molar-refractivity contribution in [3.63, 3.8) is 0 Å². The summed E-state index contributed by atoms with van der Waals surface area (Å²) in [5, 5.41) is 0. The Bertz CT molecular complexity index is 633. The Morgan fingerprint density at radius 3 is 2.61 bits per heavy atom. The molecule has 0 saturated carbocycles. The third-order valence-electron chi connectivity index (χ3n) is 4.48. The fraction of sp³-hybridized carbons (Fsp3) is 0.625. The van der Waals surface area contributed by atoms with E-state index in [9.17, 15) is 12.8 Å². The minimum absolute atomic E-state index is 0.0785. The van der Waals surface area contributed by atoms with Gasteiger partial charge in [-0.3, -0.25) is 0 Å². The molecule has 0 spiro atoms. The zero-order valence-electron chi connectivity index (χ0n) is 13.2. The molecule has 2 aliphatic rings. The third kappa shape index (κ3) is 3.90. The highest BCUT2D eigenvalue weighted by atomic mass is 32.2. The lowest BCUT2D eigenvalue weighted by atomic mass is 10.3. The first-order valence-electron chi connectivity index (χ1n) is 8.15. The molecule has 3 rings (SSSR count). The summed E-state index contributed by atoms with van der Waals surface area (Å²) in [6, 6.07) is 5.61. The van der Waals surface area contributed by atoms with Crippen molar-refractivity contribution in [1.82, 2.24) is 9.21 Å². The van der Waals surface area contributed by atoms with Crippen molar-refractivity contribution in [2.75, 3.05) is 37.7 Å². The van der Waals surface area contributed by atoms with Crippen LogP contribution in [0.1, 0.15) is 19.3 Å². The molecule has 0 aliphatic carbocycles. The van der Waals surface area contributed by atoms with Crippen LogP contribution in [0.25, 0.3) is 0 Å². The third-order valence-corrected chi connectivity index (χ3v) is 7.66. The van der Waals surface area contributed by atoms with Gasteiger partial charge in [0.2, 0.25) is 10.0 Å². The summed E-state index contributed by atoms with van der Waals surface area (Å²) in [6.07, 6.45) is 3.18. The second-order valence-electron chi connectivity index (χ2n) is 6.14. The lowest BCUT2D eigenvalue weighted by molar-refractivity contribution is 0.243. The van der Waals surface area contributed by atoms with Gasteiger partial charge in [0.1, 0.15) is 10.7 Å². The predicted octanol–water partition coefficient (Wildman–Crippen LogP) is 2.42. The summed E-state index contributed by atoms with van der Waals surface area (Å²) in [7, 11) is -3.79. The van der Waals surface area contributed by atoms with Crippen LogP contribution in [-0.4, -0.2) is 61.3 Å². The Morgan fingerprint density at radius 1 is 1.13 bits per heavy atom. The second-order valence-corrected chi connectivity index (χ2v) is 9.14. The molecule has 2 aliphatic heterocycles. The van der Waals surface area contributed by atoms with Crippen LogP contribution < -0.4 is 0 Å². The Kier molecular flexibility index (Phi) is 5.61. The molecule has 128 valence electrons. The minimum Gasteiger partial charge on any atom is -0.302 e. The molecule has 1 atom stereocenters. The summed E-state index contributed by atoms with van der Waals surface area (Å²) in [5.74, 6) is 1.08. The molecule has 0 radical (unpaired) electrons. The maximum absolute atomic E-state index is 14.1. The molecule has 23 heavy (non-hydrogen) atoms. The Labute approximate surface area is 142 Å². The molecule has 2 fully saturated rings. The molecule has 0 aromatic heterocycles. The average molecular weight is 359 g/mol. The molecule has 0 N–H and O–H groups in total. The van der Waals surface area contributed by atoms with Gasteiger partial charge < -0.3 is 4.90 Å². The number of halogens is 1. The standard InChI is InChI=1S/C16H23FN2O2S2/c17-15-6-1-2-7-16(15)23(20,21)19-10-5-11-22-13-14(19)12-18-8-3-4-9-18/h1-2,6-7,14H,3-5,8-13H2. The van der Waals surface area contributed by atoms with Crippen LogP contribution in [0.5, 0.6) is 0 Å². The van der Waals surface area contributed by atoms with Gasteiger partial charge in [0, 0.05) is 24.9 Å². The lowest BCUT2D eigenvalue weighted by Crippen LogP contribution is -2.47. The second kappa shape index (κ2) is 7.51. The highest BCUT2D eigenvalue weighted by Gasteiger charge is 2.35. The fourth-order valence-corrected chi connectivity index (χ4v) is 6.18. The Morgan fingerprint density at radius 2 is 1.87 bits per heavy atom. The predicted molar refractivity (Wildman–Crippen MR) is 91.7 cm³/mol. The van der Waals surface area contributed by atoms with Crippen LogP contribution in [0.2, 0.25) is 0 Å². The zero-order valence-corrected chi connectivity index (χ0v) is 14.8. The van der Waals surface area contributed by atoms with Crippen molar-refractivity contribution in [2.24, 2.45) is 0 Å². The first kappa shape index (κ1) is 17.2. The van der Waals surface area contributed by atoms with Gasteiger partial charge in [-0.15, -0.1) is 0 Å². The molecular formula is C16H23FN2O2S2. The van der Waals surface area contributed by atoms with Crippen molar-refractivity contribution in [3.05, 3.63) is 30.1 Å². The largest absolute Gasteiger partial charge is 0.302 e. The molecular weight excluding hydrogens is 335 g/mol. The van der Waals surface area contributed by atoms with Crippen LogP contribution in [0.15, 0.2) is 29.2 Å². The van der Waals surface area contributed by atoms with Gasteiger partial charge in [-0.1, -0.05) is 12.1 Å². The molecule has 7 heteroatoms. The van der Waals surface area contributed by atoms with E-state index in [0.29, 0.717) is 6.54 Å². The van der Waals surface area contributed by atoms with Crippen molar-refractivity contribution in [2.45, 2.75) is 30.2 Å². The number of rotatable bonds is 4. The zero-order chi connectivity index (χ0) is 16.3. The fourth-order valence-electron chi connectivity index (χ4n) is 3.31. The highest BCUT2D eigenvalue weighted by Crippen LogP contribution is 2.26. The summed E-state index contributed by atoms with van der Waals surface area (Å²) < 4.78 is 41.6. The first-order chi connectivity index (χ1) is 11.1. The average Bonchev–Trinajstić information content (AvgIpc) is 2.91. The molecule has 1 aromatic carbocycles. The van der Waals surface area contributed by atoms with E-state index >= 15 is 0 Å². The van der Waals surface area contributed by atoms with Crippen LogP contribution >= 0.6 is 11.8 Å². The number of hydrogen-bond donors (Lipinski definition) is 0. The summed E-state index contributed by atoms with van der Waals surface area (Å²) in [4.78, 5) is 2.14. The van der Waals surface area contributed by atoms with E-state index in [0.717, 1.165) is 37.6 Å². The summed E-state index contributed by atoms with van der Waals surface area (Å²) >= 11 is 1.80. The monoisotopic (exact) mass is 358 g/mol. The molecule has 1 unspecified atom stereocenters. The molecule has 0 amide bonds. The van der Waals surface area contributed by atoms with Crippen molar-refractivity contribution in [3.8, 4) is 0 Å². The maximum atomic E-state index is 14.1. The normalized spacial score (nSPS) is 24.7. The van der Waals surface area contributed by atoms with Crippen molar-refractivity contribution >= 4 is 21.8 Å².